The van der Waals surface area contributed by atoms with Crippen LogP contribution in [-0.2, 0) is 4.79 Å². The number of fused-ring (bicyclic) bond motifs is 1. The van der Waals surface area contributed by atoms with Gasteiger partial charge in [-0.1, -0.05) is 13.3 Å². The molecule has 14 heavy (non-hydrogen) atoms. The fourth-order valence-corrected chi connectivity index (χ4v) is 3.47. The van der Waals surface area contributed by atoms with Crippen molar-refractivity contribution >= 4 is 5.78 Å². The second kappa shape index (κ2) is 3.06. The normalized spacial score (nSPS) is 48.8. The van der Waals surface area contributed by atoms with Crippen molar-refractivity contribution in [1.82, 2.24) is 0 Å². The molecular weight excluding hydrogens is 176 g/mol. The van der Waals surface area contributed by atoms with Crippen LogP contribution in [0.3, 0.4) is 0 Å². The van der Waals surface area contributed by atoms with Crippen LogP contribution in [0.4, 0.5) is 0 Å². The van der Waals surface area contributed by atoms with Crippen LogP contribution in [0.15, 0.2) is 0 Å². The molecule has 0 aromatic rings. The lowest BCUT2D eigenvalue weighted by Gasteiger charge is -2.51. The van der Waals surface area contributed by atoms with E-state index in [9.17, 15) is 9.90 Å². The number of hydrogen-bond donors (Lipinski definition) is 1. The number of Topliss-reactive ketones (excluding diaryl/α,β-unsaturated/α-hetero) is 1. The molecule has 2 saturated carbocycles. The van der Waals surface area contributed by atoms with E-state index in [0.717, 1.165) is 25.7 Å². The lowest BCUT2D eigenvalue weighted by molar-refractivity contribution is -0.143. The average molecular weight is 196 g/mol. The summed E-state index contributed by atoms with van der Waals surface area (Å²) in [5.41, 5.74) is -0.390. The van der Waals surface area contributed by atoms with Gasteiger partial charge in [-0.15, -0.1) is 0 Å². The van der Waals surface area contributed by atoms with Gasteiger partial charge >= 0.3 is 0 Å². The van der Waals surface area contributed by atoms with Crippen molar-refractivity contribution < 1.29 is 9.90 Å². The number of hydrogen-bond acceptors (Lipinski definition) is 2. The van der Waals surface area contributed by atoms with Crippen molar-refractivity contribution in [1.29, 1.82) is 0 Å². The average Bonchev–Trinajstić information content (AvgIpc) is 2.08. The Balaban J connectivity index is 2.26. The van der Waals surface area contributed by atoms with Crippen molar-refractivity contribution in [2.45, 2.75) is 58.0 Å². The molecule has 2 fully saturated rings. The third-order valence-electron chi connectivity index (χ3n) is 4.43. The first-order valence-corrected chi connectivity index (χ1v) is 5.68. The minimum absolute atomic E-state index is 0.199. The van der Waals surface area contributed by atoms with Crippen LogP contribution in [0.25, 0.3) is 0 Å². The van der Waals surface area contributed by atoms with Gasteiger partial charge in [-0.2, -0.15) is 0 Å². The van der Waals surface area contributed by atoms with Crippen LogP contribution in [-0.4, -0.2) is 16.5 Å². The molecule has 0 spiro atoms. The number of carbonyl (C=O) groups excluding carboxylic acids is 1. The van der Waals surface area contributed by atoms with Crippen LogP contribution in [0.5, 0.6) is 0 Å². The highest BCUT2D eigenvalue weighted by Crippen LogP contribution is 2.53. The number of rotatable bonds is 0. The highest BCUT2D eigenvalue weighted by molar-refractivity contribution is 5.79. The maximum atomic E-state index is 11.4. The first-order valence-electron chi connectivity index (χ1n) is 5.68. The molecule has 0 amide bonds. The fourth-order valence-electron chi connectivity index (χ4n) is 3.47. The minimum Gasteiger partial charge on any atom is -0.390 e. The molecule has 3 atom stereocenters. The predicted molar refractivity (Wildman–Crippen MR) is 54.9 cm³/mol. The van der Waals surface area contributed by atoms with Crippen LogP contribution in [0, 0.1) is 11.3 Å². The summed E-state index contributed by atoms with van der Waals surface area (Å²) in [5, 5.41) is 10.3. The Hall–Kier alpha value is -0.370. The molecule has 0 aromatic heterocycles. The molecule has 2 aliphatic rings. The smallest absolute Gasteiger partial charge is 0.133 e. The predicted octanol–water partition coefficient (Wildman–Crippen LogP) is 2.30. The second-order valence-electron chi connectivity index (χ2n) is 5.66. The van der Waals surface area contributed by atoms with E-state index >= 15 is 0 Å². The molecule has 0 heterocycles. The van der Waals surface area contributed by atoms with Gasteiger partial charge in [-0.3, -0.25) is 4.79 Å². The molecule has 2 rings (SSSR count). The zero-order valence-corrected chi connectivity index (χ0v) is 9.18. The van der Waals surface area contributed by atoms with Gasteiger partial charge < -0.3 is 5.11 Å². The van der Waals surface area contributed by atoms with Gasteiger partial charge in [0.1, 0.15) is 5.78 Å². The first kappa shape index (κ1) is 10.2. The van der Waals surface area contributed by atoms with Crippen LogP contribution >= 0.6 is 0 Å². The summed E-state index contributed by atoms with van der Waals surface area (Å²) in [5.74, 6) is 0.541. The topological polar surface area (TPSA) is 37.3 Å². The SMILES string of the molecule is CC1(O)CCCC2(C)CCC(=O)CC12. The molecule has 2 aliphatic carbocycles. The Morgan fingerprint density at radius 1 is 1.29 bits per heavy atom. The van der Waals surface area contributed by atoms with E-state index in [0.29, 0.717) is 12.2 Å². The second-order valence-corrected chi connectivity index (χ2v) is 5.66. The number of ketones is 1. The highest BCUT2D eigenvalue weighted by atomic mass is 16.3. The zero-order valence-electron chi connectivity index (χ0n) is 9.18. The monoisotopic (exact) mass is 196 g/mol. The van der Waals surface area contributed by atoms with E-state index < -0.39 is 5.60 Å². The Kier molecular flexibility index (Phi) is 2.22. The molecule has 3 unspecified atom stereocenters. The molecule has 1 N–H and O–H groups in total. The van der Waals surface area contributed by atoms with Crippen LogP contribution < -0.4 is 0 Å². The molecule has 2 nitrogen and oxygen atoms in total. The molecule has 80 valence electrons. The maximum absolute atomic E-state index is 11.4. The molecule has 2 heteroatoms. The van der Waals surface area contributed by atoms with E-state index in [-0.39, 0.29) is 11.3 Å². The number of aliphatic hydroxyl groups is 1. The van der Waals surface area contributed by atoms with Crippen LogP contribution in [0.1, 0.15) is 52.4 Å². The van der Waals surface area contributed by atoms with Gasteiger partial charge in [0.2, 0.25) is 0 Å². The van der Waals surface area contributed by atoms with Crippen molar-refractivity contribution in [3.63, 3.8) is 0 Å². The van der Waals surface area contributed by atoms with E-state index in [1.165, 1.54) is 6.42 Å². The van der Waals surface area contributed by atoms with Gasteiger partial charge in [0.05, 0.1) is 5.60 Å². The molecule has 0 radical (unpaired) electrons. The Morgan fingerprint density at radius 2 is 2.00 bits per heavy atom. The van der Waals surface area contributed by atoms with Gasteiger partial charge in [0, 0.05) is 12.8 Å². The Labute approximate surface area is 85.7 Å². The van der Waals surface area contributed by atoms with Crippen molar-refractivity contribution in [2.75, 3.05) is 0 Å². The third kappa shape index (κ3) is 1.50. The van der Waals surface area contributed by atoms with Gasteiger partial charge in [-0.05, 0) is 37.5 Å². The zero-order chi connectivity index (χ0) is 10.4. The third-order valence-corrected chi connectivity index (χ3v) is 4.43. The molecule has 0 aliphatic heterocycles. The lowest BCUT2D eigenvalue weighted by atomic mass is 9.55. The Bertz CT molecular complexity index is 257. The number of carbonyl (C=O) groups is 1. The molecular formula is C12H20O2. The summed E-state index contributed by atoms with van der Waals surface area (Å²) < 4.78 is 0. The van der Waals surface area contributed by atoms with E-state index in [1.807, 2.05) is 6.92 Å². The van der Waals surface area contributed by atoms with E-state index in [2.05, 4.69) is 6.92 Å². The fraction of sp³-hybridized carbons (Fsp3) is 0.917. The van der Waals surface area contributed by atoms with Gasteiger partial charge in [-0.25, -0.2) is 0 Å². The Morgan fingerprint density at radius 3 is 2.71 bits per heavy atom. The van der Waals surface area contributed by atoms with E-state index in [1.54, 1.807) is 0 Å². The van der Waals surface area contributed by atoms with Crippen LogP contribution in [0.2, 0.25) is 0 Å². The quantitative estimate of drug-likeness (QED) is 0.645. The van der Waals surface area contributed by atoms with E-state index in [4.69, 9.17) is 0 Å². The van der Waals surface area contributed by atoms with Gasteiger partial charge in [0.15, 0.2) is 0 Å². The van der Waals surface area contributed by atoms with Gasteiger partial charge in [0.25, 0.3) is 0 Å². The summed E-state index contributed by atoms with van der Waals surface area (Å²) in [7, 11) is 0. The standard InChI is InChI=1S/C12H20O2/c1-11-5-3-6-12(2,14)10(11)8-9(13)4-7-11/h10,14H,3-8H2,1-2H3. The van der Waals surface area contributed by atoms with Crippen molar-refractivity contribution in [2.24, 2.45) is 11.3 Å². The minimum atomic E-state index is -0.608. The molecule has 0 saturated heterocycles. The first-order chi connectivity index (χ1) is 6.44. The summed E-state index contributed by atoms with van der Waals surface area (Å²) in [6.07, 6.45) is 5.45. The summed E-state index contributed by atoms with van der Waals surface area (Å²) in [6.45, 7) is 4.16. The highest BCUT2D eigenvalue weighted by Gasteiger charge is 2.50. The van der Waals surface area contributed by atoms with Crippen molar-refractivity contribution in [3.8, 4) is 0 Å². The summed E-state index contributed by atoms with van der Waals surface area (Å²) in [6, 6.07) is 0. The summed E-state index contributed by atoms with van der Waals surface area (Å²) in [4.78, 5) is 11.4. The maximum Gasteiger partial charge on any atom is 0.133 e. The largest absolute Gasteiger partial charge is 0.390 e. The molecule has 0 bridgehead atoms. The molecule has 0 aromatic carbocycles. The van der Waals surface area contributed by atoms with Crippen molar-refractivity contribution in [3.05, 3.63) is 0 Å². The lowest BCUT2D eigenvalue weighted by Crippen LogP contribution is -2.51. The summed E-state index contributed by atoms with van der Waals surface area (Å²) >= 11 is 0.